The van der Waals surface area contributed by atoms with Gasteiger partial charge in [-0.2, -0.15) is 0 Å². The fraction of sp³-hybridized carbons (Fsp3) is 0.176. The number of nitrogens with zero attached hydrogens (tertiary/aromatic N) is 2. The van der Waals surface area contributed by atoms with Crippen LogP contribution in [-0.4, -0.2) is 15.3 Å². The van der Waals surface area contributed by atoms with E-state index in [9.17, 15) is 4.79 Å². The number of amides is 1. The van der Waals surface area contributed by atoms with Gasteiger partial charge in [-0.1, -0.05) is 18.2 Å². The van der Waals surface area contributed by atoms with Gasteiger partial charge in [0.05, 0.1) is 23.9 Å². The van der Waals surface area contributed by atoms with Gasteiger partial charge in [-0.3, -0.25) is 9.20 Å². The van der Waals surface area contributed by atoms with Gasteiger partial charge in [-0.05, 0) is 12.1 Å². The molecule has 4 heterocycles. The average Bonchev–Trinajstić information content (AvgIpc) is 3.22. The number of aromatic nitrogens is 2. The Balaban J connectivity index is 1.75. The zero-order valence-electron chi connectivity index (χ0n) is 12.2. The Kier molecular flexibility index (Phi) is 2.63. The largest absolute Gasteiger partial charge is 0.460 e. The van der Waals surface area contributed by atoms with Crippen molar-refractivity contribution in [2.45, 2.75) is 18.9 Å². The van der Waals surface area contributed by atoms with Gasteiger partial charge in [0, 0.05) is 23.4 Å². The third-order valence-corrected chi connectivity index (χ3v) is 5.09. The molecule has 1 aromatic carbocycles. The first-order valence-electron chi connectivity index (χ1n) is 7.49. The standard InChI is InChI=1S/C17H13N3O2S/c21-15-8-11(14-7-10-3-1-2-4-13(10)22-14)16-12(9-18-15)19-17-20(16)5-6-23-17/h1-7,11H,8-9H2,(H,18,21)/t11-/m0/s1. The number of carbonyl (C=O) groups excluding carboxylic acids is 1. The van der Waals surface area contributed by atoms with Gasteiger partial charge in [0.25, 0.3) is 0 Å². The van der Waals surface area contributed by atoms with Crippen molar-refractivity contribution in [1.29, 1.82) is 0 Å². The van der Waals surface area contributed by atoms with Gasteiger partial charge in [0.15, 0.2) is 4.96 Å². The summed E-state index contributed by atoms with van der Waals surface area (Å²) in [4.78, 5) is 17.7. The van der Waals surface area contributed by atoms with Gasteiger partial charge >= 0.3 is 0 Å². The maximum Gasteiger partial charge on any atom is 0.221 e. The lowest BCUT2D eigenvalue weighted by atomic mass is 9.97. The maximum atomic E-state index is 12.1. The molecule has 3 aromatic heterocycles. The summed E-state index contributed by atoms with van der Waals surface area (Å²) >= 11 is 1.60. The molecule has 23 heavy (non-hydrogen) atoms. The molecule has 1 atom stereocenters. The van der Waals surface area contributed by atoms with Gasteiger partial charge in [0.1, 0.15) is 11.3 Å². The van der Waals surface area contributed by atoms with Crippen molar-refractivity contribution in [1.82, 2.24) is 14.7 Å². The predicted molar refractivity (Wildman–Crippen MR) is 87.6 cm³/mol. The lowest BCUT2D eigenvalue weighted by Gasteiger charge is -2.11. The Morgan fingerprint density at radius 2 is 2.26 bits per heavy atom. The average molecular weight is 323 g/mol. The number of rotatable bonds is 1. The number of imidazole rings is 1. The van der Waals surface area contributed by atoms with Crippen LogP contribution in [0.5, 0.6) is 0 Å². The SMILES string of the molecule is O=C1C[C@@H](c2cc3ccccc3o2)c2c(nc3sccn23)CN1. The van der Waals surface area contributed by atoms with E-state index in [4.69, 9.17) is 4.42 Å². The van der Waals surface area contributed by atoms with Crippen LogP contribution in [0.3, 0.4) is 0 Å². The molecule has 0 spiro atoms. The van der Waals surface area contributed by atoms with Gasteiger partial charge < -0.3 is 9.73 Å². The molecule has 1 aliphatic heterocycles. The summed E-state index contributed by atoms with van der Waals surface area (Å²) in [5.74, 6) is 0.722. The van der Waals surface area contributed by atoms with Gasteiger partial charge in [-0.25, -0.2) is 4.98 Å². The van der Waals surface area contributed by atoms with Crippen molar-refractivity contribution in [3.8, 4) is 0 Å². The number of nitrogens with one attached hydrogen (secondary N) is 1. The molecular formula is C17H13N3O2S. The highest BCUT2D eigenvalue weighted by atomic mass is 32.1. The monoisotopic (exact) mass is 323 g/mol. The maximum absolute atomic E-state index is 12.1. The number of thiazole rings is 1. The number of furan rings is 1. The molecule has 1 N–H and O–H groups in total. The third-order valence-electron chi connectivity index (χ3n) is 4.34. The molecule has 0 saturated carbocycles. The Labute approximate surface area is 135 Å². The van der Waals surface area contributed by atoms with Crippen molar-refractivity contribution < 1.29 is 9.21 Å². The molecule has 0 unspecified atom stereocenters. The van der Waals surface area contributed by atoms with Crippen LogP contribution in [-0.2, 0) is 11.3 Å². The highest BCUT2D eigenvalue weighted by molar-refractivity contribution is 7.15. The number of carbonyl (C=O) groups is 1. The zero-order valence-corrected chi connectivity index (χ0v) is 13.0. The van der Waals surface area contributed by atoms with Crippen molar-refractivity contribution in [2.75, 3.05) is 0 Å². The number of benzene rings is 1. The van der Waals surface area contributed by atoms with E-state index in [-0.39, 0.29) is 11.8 Å². The van der Waals surface area contributed by atoms with Crippen LogP contribution in [0.15, 0.2) is 46.3 Å². The first kappa shape index (κ1) is 12.9. The first-order chi connectivity index (χ1) is 11.3. The minimum Gasteiger partial charge on any atom is -0.460 e. The van der Waals surface area contributed by atoms with Crippen LogP contribution in [0.2, 0.25) is 0 Å². The highest BCUT2D eigenvalue weighted by Gasteiger charge is 2.31. The molecule has 114 valence electrons. The van der Waals surface area contributed by atoms with Crippen molar-refractivity contribution in [3.05, 3.63) is 59.1 Å². The molecule has 1 amide bonds. The number of hydrogen-bond acceptors (Lipinski definition) is 4. The van der Waals surface area contributed by atoms with E-state index in [1.165, 1.54) is 0 Å². The second kappa shape index (κ2) is 4.70. The minimum atomic E-state index is -0.121. The molecule has 0 fully saturated rings. The lowest BCUT2D eigenvalue weighted by molar-refractivity contribution is -0.121. The first-order valence-corrected chi connectivity index (χ1v) is 8.37. The van der Waals surface area contributed by atoms with Crippen molar-refractivity contribution >= 4 is 33.2 Å². The molecule has 1 aliphatic rings. The van der Waals surface area contributed by atoms with Crippen LogP contribution < -0.4 is 5.32 Å². The van der Waals surface area contributed by atoms with E-state index < -0.39 is 0 Å². The van der Waals surface area contributed by atoms with E-state index in [0.29, 0.717) is 13.0 Å². The Bertz CT molecular complexity index is 1010. The quantitative estimate of drug-likeness (QED) is 0.585. The van der Waals surface area contributed by atoms with Crippen molar-refractivity contribution in [2.24, 2.45) is 0 Å². The molecule has 0 bridgehead atoms. The van der Waals surface area contributed by atoms with Crippen LogP contribution in [0.1, 0.15) is 29.5 Å². The van der Waals surface area contributed by atoms with Gasteiger partial charge in [0.2, 0.25) is 5.91 Å². The van der Waals surface area contributed by atoms with E-state index in [0.717, 1.165) is 33.1 Å². The number of hydrogen-bond donors (Lipinski definition) is 1. The molecule has 0 saturated heterocycles. The fourth-order valence-electron chi connectivity index (χ4n) is 3.29. The third kappa shape index (κ3) is 1.91. The number of para-hydroxylation sites is 1. The topological polar surface area (TPSA) is 59.5 Å². The Morgan fingerprint density at radius 3 is 3.17 bits per heavy atom. The zero-order chi connectivity index (χ0) is 15.4. The van der Waals surface area contributed by atoms with Crippen LogP contribution >= 0.6 is 11.3 Å². The fourth-order valence-corrected chi connectivity index (χ4v) is 4.03. The summed E-state index contributed by atoms with van der Waals surface area (Å²) in [7, 11) is 0. The van der Waals surface area contributed by atoms with Crippen LogP contribution in [0, 0.1) is 0 Å². The summed E-state index contributed by atoms with van der Waals surface area (Å²) in [5.41, 5.74) is 2.83. The molecule has 0 radical (unpaired) electrons. The Morgan fingerprint density at radius 1 is 1.35 bits per heavy atom. The van der Waals surface area contributed by atoms with Crippen LogP contribution in [0.25, 0.3) is 15.9 Å². The normalized spacial score (nSPS) is 18.1. The summed E-state index contributed by atoms with van der Waals surface area (Å²) in [6, 6.07) is 9.96. The van der Waals surface area contributed by atoms with Crippen molar-refractivity contribution in [3.63, 3.8) is 0 Å². The second-order valence-electron chi connectivity index (χ2n) is 5.72. The molecule has 6 heteroatoms. The van der Waals surface area contributed by atoms with E-state index >= 15 is 0 Å². The smallest absolute Gasteiger partial charge is 0.221 e. The second-order valence-corrected chi connectivity index (χ2v) is 6.59. The molecule has 5 nitrogen and oxygen atoms in total. The predicted octanol–water partition coefficient (Wildman–Crippen LogP) is 3.29. The molecular weight excluding hydrogens is 310 g/mol. The summed E-state index contributed by atoms with van der Waals surface area (Å²) in [5, 5.41) is 6.00. The van der Waals surface area contributed by atoms with Gasteiger partial charge in [-0.15, -0.1) is 11.3 Å². The van der Waals surface area contributed by atoms with E-state index in [1.54, 1.807) is 11.3 Å². The molecule has 5 rings (SSSR count). The summed E-state index contributed by atoms with van der Waals surface area (Å²) < 4.78 is 8.13. The lowest BCUT2D eigenvalue weighted by Crippen LogP contribution is -2.21. The minimum absolute atomic E-state index is 0.0254. The van der Waals surface area contributed by atoms with E-state index in [2.05, 4.69) is 14.7 Å². The Hall–Kier alpha value is -2.60. The summed E-state index contributed by atoms with van der Waals surface area (Å²) in [6.07, 6.45) is 2.38. The highest BCUT2D eigenvalue weighted by Crippen LogP contribution is 2.36. The molecule has 0 aliphatic carbocycles. The molecule has 4 aromatic rings. The van der Waals surface area contributed by atoms with Crippen LogP contribution in [0.4, 0.5) is 0 Å². The number of fused-ring (bicyclic) bond motifs is 4. The van der Waals surface area contributed by atoms with E-state index in [1.807, 2.05) is 41.9 Å². The summed E-state index contributed by atoms with van der Waals surface area (Å²) in [6.45, 7) is 0.472.